The Kier molecular flexibility index (Phi) is 10.3. The normalized spacial score (nSPS) is 27.2. The molecular formula is C34H43FN6O7. The lowest BCUT2D eigenvalue weighted by molar-refractivity contribution is -0.141. The second-order valence-corrected chi connectivity index (χ2v) is 13.9. The summed E-state index contributed by atoms with van der Waals surface area (Å²) in [4.78, 5) is 70.1. The van der Waals surface area contributed by atoms with E-state index in [4.69, 9.17) is 14.7 Å². The molecule has 5 amide bonds. The van der Waals surface area contributed by atoms with Crippen molar-refractivity contribution in [3.05, 3.63) is 47.3 Å². The standard InChI is InChI=1S/C34H43FN6O7/c1-33(2,3)48-31(45)38-26-13-8-6-4-5-7-11-22-17-34(22,30(44)37-15-14-36)39-28(42)27-16-23(19-41(27)29(26)43)47-32(46)40-18-21-10-9-12-25(35)24(21)20-40/h7,9-12,22-23,26-27H,4-6,8,13,15-20H2,1-3H3,(H,37,44)(H,38,45)(H,39,42)/t22-,23-,26+,27+,34-/m1/s1. The van der Waals surface area contributed by atoms with Gasteiger partial charge in [0, 0.05) is 24.4 Å². The summed E-state index contributed by atoms with van der Waals surface area (Å²) in [5.41, 5.74) is -1.03. The van der Waals surface area contributed by atoms with E-state index >= 15 is 0 Å². The van der Waals surface area contributed by atoms with Crippen molar-refractivity contribution in [2.45, 2.75) is 108 Å². The highest BCUT2D eigenvalue weighted by molar-refractivity contribution is 5.98. The van der Waals surface area contributed by atoms with Gasteiger partial charge in [0.25, 0.3) is 0 Å². The summed E-state index contributed by atoms with van der Waals surface area (Å²) >= 11 is 0. The van der Waals surface area contributed by atoms with Crippen LogP contribution in [0.5, 0.6) is 0 Å². The van der Waals surface area contributed by atoms with Gasteiger partial charge in [0.05, 0.1) is 19.2 Å². The number of ether oxygens (including phenoxy) is 2. The lowest BCUT2D eigenvalue weighted by Crippen LogP contribution is -2.58. The molecule has 3 aliphatic heterocycles. The van der Waals surface area contributed by atoms with E-state index in [-0.39, 0.29) is 44.9 Å². The number of amides is 5. The van der Waals surface area contributed by atoms with Gasteiger partial charge >= 0.3 is 12.2 Å². The number of hydrogen-bond donors (Lipinski definition) is 3. The Morgan fingerprint density at radius 2 is 1.96 bits per heavy atom. The van der Waals surface area contributed by atoms with E-state index in [1.807, 2.05) is 18.2 Å². The number of allylic oxidation sites excluding steroid dienone is 1. The van der Waals surface area contributed by atoms with Crippen LogP contribution in [0.3, 0.4) is 0 Å². The Balaban J connectivity index is 1.39. The largest absolute Gasteiger partial charge is 0.444 e. The average molecular weight is 667 g/mol. The van der Waals surface area contributed by atoms with Crippen LogP contribution in [0.25, 0.3) is 0 Å². The van der Waals surface area contributed by atoms with E-state index in [9.17, 15) is 28.4 Å². The summed E-state index contributed by atoms with van der Waals surface area (Å²) in [7, 11) is 0. The summed E-state index contributed by atoms with van der Waals surface area (Å²) in [5.74, 6) is -2.38. The van der Waals surface area contributed by atoms with Gasteiger partial charge in [-0.05, 0) is 58.1 Å². The number of benzene rings is 1. The van der Waals surface area contributed by atoms with E-state index in [2.05, 4.69) is 16.0 Å². The Morgan fingerprint density at radius 3 is 2.69 bits per heavy atom. The molecule has 0 aromatic heterocycles. The van der Waals surface area contributed by atoms with Crippen LogP contribution in [0, 0.1) is 23.1 Å². The third-order valence-electron chi connectivity index (χ3n) is 9.12. The van der Waals surface area contributed by atoms with Gasteiger partial charge in [-0.25, -0.2) is 14.0 Å². The molecule has 1 aliphatic carbocycles. The molecule has 0 radical (unpaired) electrons. The van der Waals surface area contributed by atoms with Crippen LogP contribution in [0.1, 0.15) is 76.8 Å². The van der Waals surface area contributed by atoms with Crippen molar-refractivity contribution in [1.82, 2.24) is 25.8 Å². The van der Waals surface area contributed by atoms with Crippen molar-refractivity contribution in [1.29, 1.82) is 5.26 Å². The molecule has 3 heterocycles. The highest BCUT2D eigenvalue weighted by atomic mass is 19.1. The number of hydrogen-bond acceptors (Lipinski definition) is 8. The minimum atomic E-state index is -1.30. The average Bonchev–Trinajstić information content (AvgIpc) is 3.33. The van der Waals surface area contributed by atoms with Gasteiger partial charge in [0.15, 0.2) is 0 Å². The summed E-state index contributed by atoms with van der Waals surface area (Å²) in [6, 6.07) is 4.35. The molecule has 5 rings (SSSR count). The number of nitrogens with one attached hydrogen (secondary N) is 3. The molecule has 3 N–H and O–H groups in total. The second kappa shape index (κ2) is 14.2. The van der Waals surface area contributed by atoms with Crippen molar-refractivity contribution in [3.8, 4) is 6.07 Å². The topological polar surface area (TPSA) is 170 Å². The molecule has 0 spiro atoms. The van der Waals surface area contributed by atoms with Crippen LogP contribution in [-0.4, -0.2) is 82.1 Å². The summed E-state index contributed by atoms with van der Waals surface area (Å²) in [6.07, 6.45) is 4.95. The van der Waals surface area contributed by atoms with Gasteiger partial charge in [0.1, 0.15) is 41.7 Å². The first-order valence-electron chi connectivity index (χ1n) is 16.5. The third kappa shape index (κ3) is 7.89. The molecule has 1 aromatic rings. The predicted octanol–water partition coefficient (Wildman–Crippen LogP) is 3.18. The first-order chi connectivity index (χ1) is 22.8. The van der Waals surface area contributed by atoms with E-state index in [0.29, 0.717) is 24.0 Å². The SMILES string of the molecule is CC(C)(C)OC(=O)N[C@H]1CCCCCC=C[C@@H]2C[C@@]2(C(=O)NCC#N)NC(=O)[C@@H]2C[C@@H](OC(=O)N3Cc4cccc(F)c4C3)CN2C1=O. The molecule has 2 fully saturated rings. The van der Waals surface area contributed by atoms with Gasteiger partial charge in [-0.2, -0.15) is 5.26 Å². The smallest absolute Gasteiger partial charge is 0.410 e. The third-order valence-corrected chi connectivity index (χ3v) is 9.12. The second-order valence-electron chi connectivity index (χ2n) is 13.9. The van der Waals surface area contributed by atoms with Gasteiger partial charge in [-0.3, -0.25) is 19.3 Å². The monoisotopic (exact) mass is 666 g/mol. The molecule has 1 saturated carbocycles. The van der Waals surface area contributed by atoms with Gasteiger partial charge in [-0.15, -0.1) is 0 Å². The van der Waals surface area contributed by atoms with E-state index < -0.39 is 65.1 Å². The maximum absolute atomic E-state index is 14.3. The fourth-order valence-electron chi connectivity index (χ4n) is 6.62. The number of fused-ring (bicyclic) bond motifs is 3. The molecular weight excluding hydrogens is 623 g/mol. The molecule has 1 saturated heterocycles. The zero-order valence-corrected chi connectivity index (χ0v) is 27.6. The van der Waals surface area contributed by atoms with E-state index in [1.165, 1.54) is 15.9 Å². The Hall–Kier alpha value is -4.67. The highest BCUT2D eigenvalue weighted by Crippen LogP contribution is 2.45. The molecule has 13 nitrogen and oxygen atoms in total. The number of rotatable bonds is 4. The molecule has 48 heavy (non-hydrogen) atoms. The number of halogens is 1. The number of nitrogens with zero attached hydrogens (tertiary/aromatic N) is 3. The molecule has 258 valence electrons. The number of carbonyl (C=O) groups is 5. The maximum atomic E-state index is 14.3. The summed E-state index contributed by atoms with van der Waals surface area (Å²) < 4.78 is 25.6. The van der Waals surface area contributed by atoms with E-state index in [1.54, 1.807) is 32.9 Å². The van der Waals surface area contributed by atoms with Crippen molar-refractivity contribution >= 4 is 29.9 Å². The maximum Gasteiger partial charge on any atom is 0.410 e. The lowest BCUT2D eigenvalue weighted by Gasteiger charge is -2.30. The van der Waals surface area contributed by atoms with Crippen LogP contribution in [0.15, 0.2) is 30.4 Å². The fraction of sp³-hybridized carbons (Fsp3) is 0.588. The van der Waals surface area contributed by atoms with Crippen LogP contribution in [-0.2, 0) is 36.9 Å². The van der Waals surface area contributed by atoms with Gasteiger partial charge in [-0.1, -0.05) is 37.1 Å². The Morgan fingerprint density at radius 1 is 1.17 bits per heavy atom. The lowest BCUT2D eigenvalue weighted by atomic mass is 10.0. The fourth-order valence-corrected chi connectivity index (χ4v) is 6.62. The first kappa shape index (κ1) is 34.7. The quantitative estimate of drug-likeness (QED) is 0.325. The number of carbonyl (C=O) groups excluding carboxylic acids is 5. The Labute approximate surface area is 279 Å². The van der Waals surface area contributed by atoms with Crippen LogP contribution in [0.4, 0.5) is 14.0 Å². The van der Waals surface area contributed by atoms with Crippen molar-refractivity contribution < 1.29 is 37.8 Å². The first-order valence-corrected chi connectivity index (χ1v) is 16.5. The van der Waals surface area contributed by atoms with Crippen molar-refractivity contribution in [3.63, 3.8) is 0 Å². The molecule has 1 aromatic carbocycles. The highest BCUT2D eigenvalue weighted by Gasteiger charge is 2.61. The molecule has 0 bridgehead atoms. The molecule has 0 unspecified atom stereocenters. The number of alkyl carbamates (subject to hydrolysis) is 1. The minimum Gasteiger partial charge on any atom is -0.444 e. The summed E-state index contributed by atoms with van der Waals surface area (Å²) in [5, 5.41) is 17.1. The number of nitriles is 1. The predicted molar refractivity (Wildman–Crippen MR) is 169 cm³/mol. The van der Waals surface area contributed by atoms with Gasteiger partial charge in [0.2, 0.25) is 17.7 Å². The molecule has 4 aliphatic rings. The molecule has 14 heteroatoms. The van der Waals surface area contributed by atoms with E-state index in [0.717, 1.165) is 19.3 Å². The Bertz CT molecular complexity index is 1520. The summed E-state index contributed by atoms with van der Waals surface area (Å²) in [6.45, 7) is 4.93. The van der Waals surface area contributed by atoms with Crippen LogP contribution < -0.4 is 16.0 Å². The van der Waals surface area contributed by atoms with Crippen LogP contribution >= 0.6 is 0 Å². The van der Waals surface area contributed by atoms with Gasteiger partial charge < -0.3 is 30.3 Å². The minimum absolute atomic E-state index is 0.0250. The zero-order chi connectivity index (χ0) is 34.6. The zero-order valence-electron chi connectivity index (χ0n) is 27.6. The van der Waals surface area contributed by atoms with Crippen molar-refractivity contribution in [2.24, 2.45) is 5.92 Å². The van der Waals surface area contributed by atoms with Crippen LogP contribution in [0.2, 0.25) is 0 Å². The van der Waals surface area contributed by atoms with Crippen molar-refractivity contribution in [2.75, 3.05) is 13.1 Å². The molecule has 5 atom stereocenters.